The lowest BCUT2D eigenvalue weighted by molar-refractivity contribution is -0.126. The summed E-state index contributed by atoms with van der Waals surface area (Å²) >= 11 is 2.57. The van der Waals surface area contributed by atoms with Crippen molar-refractivity contribution >= 4 is 156 Å². The first-order valence-electron chi connectivity index (χ1n) is 30.2. The van der Waals surface area contributed by atoms with Crippen LogP contribution in [0.5, 0.6) is 17.2 Å². The Morgan fingerprint density at radius 1 is 0.776 bits per heavy atom. The zero-order valence-electron chi connectivity index (χ0n) is 53.7. The van der Waals surface area contributed by atoms with E-state index in [0.29, 0.717) is 77.5 Å². The summed E-state index contributed by atoms with van der Waals surface area (Å²) in [6, 6.07) is 21.6. The van der Waals surface area contributed by atoms with Gasteiger partial charge in [-0.05, 0) is 96.0 Å². The number of primary amides is 1. The zero-order chi connectivity index (χ0) is 70.8. The molecule has 0 saturated heterocycles. The number of aromatic nitrogens is 3. The molecule has 35 heteroatoms. The lowest BCUT2D eigenvalue weighted by atomic mass is 10.0. The highest BCUT2D eigenvalue weighted by Crippen LogP contribution is 2.48. The van der Waals surface area contributed by atoms with E-state index in [1.165, 1.54) is 68.4 Å². The summed E-state index contributed by atoms with van der Waals surface area (Å²) in [6.07, 6.45) is 5.80. The zero-order valence-corrected chi connectivity index (χ0v) is 57.8. The number of thiophene rings is 2. The van der Waals surface area contributed by atoms with Gasteiger partial charge in [0.05, 0.1) is 41.8 Å². The number of anilines is 8. The Kier molecular flexibility index (Phi) is 23.0. The van der Waals surface area contributed by atoms with E-state index in [1.54, 1.807) is 36.4 Å². The average molecular weight is 1430 g/mol. The van der Waals surface area contributed by atoms with Crippen LogP contribution in [0.3, 0.4) is 0 Å². The van der Waals surface area contributed by atoms with Gasteiger partial charge in [-0.1, -0.05) is 43.2 Å². The molecule has 7 aromatic rings. The maximum absolute atomic E-state index is 14.0. The Balaban J connectivity index is 1.15. The predicted molar refractivity (Wildman–Crippen MR) is 370 cm³/mol. The number of sulfone groups is 1. The van der Waals surface area contributed by atoms with Gasteiger partial charge < -0.3 is 51.0 Å². The number of ketones is 1. The number of nitrogens with two attached hydrogens (primary N) is 2. The fourth-order valence-corrected chi connectivity index (χ4v) is 17.1. The molecule has 1 atom stereocenters. The van der Waals surface area contributed by atoms with Crippen molar-refractivity contribution in [2.75, 3.05) is 78.2 Å². The minimum Gasteiger partial charge on any atom is -0.494 e. The van der Waals surface area contributed by atoms with Gasteiger partial charge in [0, 0.05) is 71.4 Å². The highest BCUT2D eigenvalue weighted by molar-refractivity contribution is 8.07. The average Bonchev–Trinajstić information content (AvgIpc) is 1.32. The van der Waals surface area contributed by atoms with Crippen LogP contribution in [-0.4, -0.2) is 117 Å². The van der Waals surface area contributed by atoms with Crippen LogP contribution in [0.15, 0.2) is 114 Å². The van der Waals surface area contributed by atoms with Crippen molar-refractivity contribution in [1.82, 2.24) is 15.0 Å². The van der Waals surface area contributed by atoms with Crippen molar-refractivity contribution in [3.05, 3.63) is 105 Å². The molecule has 9 rings (SSSR count). The lowest BCUT2D eigenvalue weighted by Gasteiger charge is -2.25. The van der Waals surface area contributed by atoms with Crippen LogP contribution >= 0.6 is 34.4 Å². The number of hydrogen-bond acceptors (Lipinski definition) is 29. The first kappa shape index (κ1) is 72.0. The molecule has 0 bridgehead atoms. The van der Waals surface area contributed by atoms with Gasteiger partial charge in [0.1, 0.15) is 85.7 Å². The summed E-state index contributed by atoms with van der Waals surface area (Å²) in [4.78, 5) is 82.9. The molecule has 2 aliphatic rings. The van der Waals surface area contributed by atoms with Crippen molar-refractivity contribution in [2.24, 2.45) is 31.9 Å². The third-order valence-corrected chi connectivity index (χ3v) is 21.6. The molecule has 4 aromatic carbocycles. The number of nitrogens with zero attached hydrogens (tertiary/aromatic N) is 11. The van der Waals surface area contributed by atoms with Gasteiger partial charge in [-0.2, -0.15) is 33.9 Å². The van der Waals surface area contributed by atoms with E-state index in [1.807, 2.05) is 43.6 Å². The minimum atomic E-state index is -5.37. The molecule has 1 saturated carbocycles. The highest BCUT2D eigenvalue weighted by atomic mass is 32.2. The number of nitrogens with one attached hydrogen (secondary N) is 4. The topological polar surface area (TPSA) is 444 Å². The number of benzene rings is 4. The van der Waals surface area contributed by atoms with Gasteiger partial charge >= 0.3 is 0 Å². The van der Waals surface area contributed by atoms with Crippen molar-refractivity contribution in [3.8, 4) is 29.4 Å². The normalized spacial score (nSPS) is 13.9. The first-order chi connectivity index (χ1) is 46.9. The Labute approximate surface area is 575 Å². The van der Waals surface area contributed by atoms with E-state index in [0.717, 1.165) is 45.1 Å². The molecule has 0 radical (unpaired) electrons. The van der Waals surface area contributed by atoms with E-state index in [-0.39, 0.29) is 78.6 Å². The monoisotopic (exact) mass is 1430 g/mol. The van der Waals surface area contributed by atoms with Crippen molar-refractivity contribution in [1.29, 1.82) is 10.5 Å². The SMILES string of the molecule is CCN(CC)c1cc(Nc2nc(Nc3cc(N(CC)CC)c(OC)cc3/N=N/c3sc4c(c3C#N)S(=O)(=O)C(=O)C(C(=O)Nc3cccc(OCN)c3)=C4)nc(SC3CCCCC3)n2)c(/N=N/c2sc(C(C(C)=O)C(=O)Nc3cccc(C(N)=O)c3)c(S(=O)(=O)O)c2C#N)cc1OC. The second-order valence-corrected chi connectivity index (χ2v) is 28.0. The number of carbonyl (C=O) groups is 5. The third-order valence-electron chi connectivity index (χ3n) is 15.4. The number of amides is 3. The van der Waals surface area contributed by atoms with Crippen LogP contribution in [0.2, 0.25) is 0 Å². The molecular weight excluding hydrogens is 1360 g/mol. The molecule has 0 spiro atoms. The second-order valence-electron chi connectivity index (χ2n) is 21.5. The smallest absolute Gasteiger partial charge is 0.297 e. The van der Waals surface area contributed by atoms with Gasteiger partial charge in [0.15, 0.2) is 15.2 Å². The molecule has 1 aliphatic heterocycles. The number of Topliss-reactive ketones (excluding diaryl/α,β-unsaturated/α-hetero) is 1. The van der Waals surface area contributed by atoms with Gasteiger partial charge in [0.25, 0.3) is 21.1 Å². The second kappa shape index (κ2) is 31.3. The number of rotatable bonds is 28. The van der Waals surface area contributed by atoms with E-state index in [9.17, 15) is 55.9 Å². The molecule has 3 aromatic heterocycles. The summed E-state index contributed by atoms with van der Waals surface area (Å²) in [6.45, 7) is 10.6. The van der Waals surface area contributed by atoms with Crippen LogP contribution in [-0.2, 0) is 39.1 Å². The Morgan fingerprint density at radius 2 is 1.33 bits per heavy atom. The van der Waals surface area contributed by atoms with Gasteiger partial charge in [-0.25, -0.2) is 8.42 Å². The Morgan fingerprint density at radius 3 is 1.84 bits per heavy atom. The number of hydrogen-bond donors (Lipinski definition) is 7. The van der Waals surface area contributed by atoms with Crippen LogP contribution in [0.4, 0.5) is 67.4 Å². The van der Waals surface area contributed by atoms with Crippen molar-refractivity contribution in [2.45, 2.75) is 92.8 Å². The van der Waals surface area contributed by atoms with E-state index < -0.39 is 90.9 Å². The predicted octanol–water partition coefficient (Wildman–Crippen LogP) is 11.5. The number of carbonyl (C=O) groups excluding carboxylic acids is 5. The first-order valence-corrected chi connectivity index (χ1v) is 35.7. The summed E-state index contributed by atoms with van der Waals surface area (Å²) in [5.41, 5.74) is 10.8. The Bertz CT molecular complexity index is 4720. The molecule has 1 unspecified atom stereocenters. The molecule has 98 heavy (non-hydrogen) atoms. The molecule has 510 valence electrons. The number of ether oxygens (including phenoxy) is 3. The minimum absolute atomic E-state index is 0.00247. The molecule has 3 amide bonds. The molecular formula is C63H65N17O13S5. The van der Waals surface area contributed by atoms with Crippen molar-refractivity contribution < 1.29 is 59.6 Å². The van der Waals surface area contributed by atoms with Gasteiger partial charge in [-0.3, -0.25) is 34.3 Å². The van der Waals surface area contributed by atoms with Crippen LogP contribution < -0.4 is 56.7 Å². The van der Waals surface area contributed by atoms with Crippen LogP contribution in [0.25, 0.3) is 6.08 Å². The molecule has 9 N–H and O–H groups in total. The fraction of sp³-hybridized carbons (Fsp3) is 0.302. The Hall–Kier alpha value is -10.3. The van der Waals surface area contributed by atoms with Gasteiger partial charge in [-0.15, -0.1) is 43.1 Å². The van der Waals surface area contributed by atoms with Crippen molar-refractivity contribution in [3.63, 3.8) is 0 Å². The summed E-state index contributed by atoms with van der Waals surface area (Å²) in [7, 11) is -7.47. The lowest BCUT2D eigenvalue weighted by Crippen LogP contribution is -2.29. The van der Waals surface area contributed by atoms with E-state index in [4.69, 9.17) is 40.6 Å². The number of azo groups is 2. The standard InChI is InChI=1S/C63H65N17O13S5/c1-8-79(9-2)46-26-42(44(28-48(46)91-6)75-77-58-40(30-64)53-50(95-58)25-39(60(85)97(53,86)87)56(83)68-36-19-16-20-37(24-36)93-32-66)70-61-72-62(74-63(73-61)94-38-21-13-12-14-22-38)71-43-27-47(80(10-3)11-4)49(92-7)29-45(43)76-78-59-41(31-65)54(98(88,89)90)52(96-59)51(33(5)81)57(84)69-35-18-15-17-34(23-35)55(67)82/h15-20,23-29,38,51H,8-14,21-22,32,66H2,1-7H3,(H2,67,82)(H,68,83)(H,69,84)(H,88,89,90)(H2,70,71,72,73,74)/b77-75+,78-76+. The van der Waals surface area contributed by atoms with E-state index in [2.05, 4.69) is 41.7 Å². The third kappa shape index (κ3) is 15.9. The molecule has 30 nitrogen and oxygen atoms in total. The van der Waals surface area contributed by atoms with Crippen LogP contribution in [0.1, 0.15) is 104 Å². The van der Waals surface area contributed by atoms with Gasteiger partial charge in [0.2, 0.25) is 33.5 Å². The highest BCUT2D eigenvalue weighted by Gasteiger charge is 2.43. The molecule has 4 heterocycles. The largest absolute Gasteiger partial charge is 0.494 e. The summed E-state index contributed by atoms with van der Waals surface area (Å²) in [5, 5.41) is 48.7. The number of nitriles is 2. The maximum Gasteiger partial charge on any atom is 0.297 e. The fourth-order valence-electron chi connectivity index (χ4n) is 10.7. The number of fused-ring (bicyclic) bond motifs is 1. The number of thioether (sulfide) groups is 1. The van der Waals surface area contributed by atoms with Crippen LogP contribution in [0, 0.1) is 22.7 Å². The number of methoxy groups -OCH3 is 2. The quantitative estimate of drug-likeness (QED) is 0.00787. The summed E-state index contributed by atoms with van der Waals surface area (Å²) in [5.74, 6) is -4.93. The van der Waals surface area contributed by atoms with E-state index >= 15 is 0 Å². The molecule has 1 fully saturated rings. The maximum atomic E-state index is 14.0. The summed E-state index contributed by atoms with van der Waals surface area (Å²) < 4.78 is 82.3. The molecule has 1 aliphatic carbocycles.